The summed E-state index contributed by atoms with van der Waals surface area (Å²) < 4.78 is 244. The molecule has 0 unspecified atom stereocenters. The summed E-state index contributed by atoms with van der Waals surface area (Å²) in [7, 11) is -10.9. The highest BCUT2D eigenvalue weighted by molar-refractivity contribution is 7.48. The van der Waals surface area contributed by atoms with Gasteiger partial charge >= 0.3 is 49.6 Å². The number of fused-ring (bicyclic) bond motifs is 6. The number of rotatable bonds is 33. The van der Waals surface area contributed by atoms with E-state index in [4.69, 9.17) is 33.6 Å². The summed E-state index contributed by atoms with van der Waals surface area (Å²) >= 11 is 0. The van der Waals surface area contributed by atoms with E-state index in [0.29, 0.717) is 0 Å². The van der Waals surface area contributed by atoms with Crippen molar-refractivity contribution in [3.05, 3.63) is 131 Å². The van der Waals surface area contributed by atoms with Gasteiger partial charge in [-0.1, -0.05) is 199 Å². The third-order valence-electron chi connectivity index (χ3n) is 19.1. The first-order valence-electron chi connectivity index (χ1n) is 31.1. The Kier molecular flexibility index (Phi) is 24.3. The first-order valence-corrected chi connectivity index (χ1v) is 36.9. The summed E-state index contributed by atoms with van der Waals surface area (Å²) in [4.78, 5) is 12.6. The topological polar surface area (TPSA) is 89.5 Å². The van der Waals surface area contributed by atoms with Gasteiger partial charge in [-0.3, -0.25) is 13.6 Å². The molecule has 0 amide bonds. The molecule has 0 spiro atoms. The zero-order valence-corrected chi connectivity index (χ0v) is 57.2. The van der Waals surface area contributed by atoms with Gasteiger partial charge in [-0.25, -0.2) is 9.36 Å². The molecular weight excluding hydrogens is 1280 g/mol. The maximum absolute atomic E-state index is 16.3. The Labute approximate surface area is 535 Å². The van der Waals surface area contributed by atoms with Gasteiger partial charge in [0.15, 0.2) is 8.32 Å². The molecule has 4 aromatic rings. The molecule has 2 aliphatic rings. The van der Waals surface area contributed by atoms with Crippen LogP contribution in [0, 0.1) is 30.1 Å². The number of alkyl halides is 13. The van der Waals surface area contributed by atoms with E-state index in [2.05, 4.69) is 47.5 Å². The molecule has 0 heterocycles. The van der Waals surface area contributed by atoms with Gasteiger partial charge in [-0.15, -0.1) is 6.42 Å². The second kappa shape index (κ2) is 29.3. The van der Waals surface area contributed by atoms with Crippen molar-refractivity contribution in [3.63, 3.8) is 0 Å². The number of methoxy groups -OCH3 is 1. The summed E-state index contributed by atoms with van der Waals surface area (Å²) in [5.41, 5.74) is 5.70. The van der Waals surface area contributed by atoms with Gasteiger partial charge in [-0.2, -0.15) is 57.1 Å². The lowest BCUT2D eigenvalue weighted by molar-refractivity contribution is -0.440. The zero-order chi connectivity index (χ0) is 69.1. The lowest BCUT2D eigenvalue weighted by atomic mass is 9.86. The lowest BCUT2D eigenvalue weighted by Crippen LogP contribution is -2.70. The number of esters is 1. The molecule has 8 nitrogen and oxygen atoms in total. The SMILES string of the molecule is C#C[C@H](O[Si](C(C)C)(C(C)C)C(C)C)[C@H](C)[C@H](CC[C@H](C)[C@H](O[Si](CCC(F)(F)C(F)(F)C(F)(F)C(F)(F)C(F)(F)C(F)(F)F)(C(C)C)C(C)C)[C@@H](C)/C=C\C(=O)OC)OP(=O)(OCC1c2ccccc2-c2ccccc21)OCC1c2ccccc2-c2ccccc21. The molecule has 0 N–H and O–H groups in total. The largest absolute Gasteiger partial charge is 0.475 e. The van der Waals surface area contributed by atoms with Crippen LogP contribution in [0.4, 0.5) is 57.1 Å². The normalized spacial score (nSPS) is 16.9. The predicted molar refractivity (Wildman–Crippen MR) is 335 cm³/mol. The molecule has 6 atom stereocenters. The van der Waals surface area contributed by atoms with Crippen molar-refractivity contribution in [1.82, 2.24) is 0 Å². The lowest BCUT2D eigenvalue weighted by Gasteiger charge is -2.46. The quantitative estimate of drug-likeness (QED) is 0.0116. The summed E-state index contributed by atoms with van der Waals surface area (Å²) in [5, 5.41) is 0. The van der Waals surface area contributed by atoms with Crippen molar-refractivity contribution in [2.75, 3.05) is 20.3 Å². The monoisotopic (exact) mass is 1360 g/mol. The highest BCUT2D eigenvalue weighted by atomic mass is 31.2. The van der Waals surface area contributed by atoms with Crippen LogP contribution in [-0.4, -0.2) is 97.0 Å². The Morgan fingerprint density at radius 2 is 0.957 bits per heavy atom. The number of terminal acetylenes is 1. The Bertz CT molecular complexity index is 3050. The number of hydrogen-bond acceptors (Lipinski definition) is 8. The highest BCUT2D eigenvalue weighted by Crippen LogP contribution is 2.62. The maximum atomic E-state index is 16.3. The average Bonchev–Trinajstić information content (AvgIpc) is 0.996. The van der Waals surface area contributed by atoms with Crippen LogP contribution in [0.15, 0.2) is 109 Å². The Balaban J connectivity index is 1.45. The predicted octanol–water partition coefficient (Wildman–Crippen LogP) is 21.0. The number of ether oxygens (including phenoxy) is 1. The molecule has 92 heavy (non-hydrogen) atoms. The second-order valence-electron chi connectivity index (χ2n) is 26.2. The molecule has 0 aliphatic heterocycles. The Morgan fingerprint density at radius 3 is 1.32 bits per heavy atom. The number of hydrogen-bond donors (Lipinski definition) is 0. The average molecular weight is 1370 g/mol. The first kappa shape index (κ1) is 76.2. The molecular formula is C68H86F13O8PSi2. The molecule has 0 saturated carbocycles. The second-order valence-corrected chi connectivity index (χ2v) is 38.1. The van der Waals surface area contributed by atoms with Crippen molar-refractivity contribution < 1.29 is 93.6 Å². The van der Waals surface area contributed by atoms with Crippen LogP contribution in [-0.2, 0) is 36.5 Å². The molecule has 4 aromatic carbocycles. The van der Waals surface area contributed by atoms with Crippen LogP contribution in [0.25, 0.3) is 22.3 Å². The molecule has 0 saturated heterocycles. The third-order valence-corrected chi connectivity index (χ3v) is 32.3. The minimum Gasteiger partial charge on any atom is -0.466 e. The van der Waals surface area contributed by atoms with Gasteiger partial charge in [-0.05, 0) is 103 Å². The van der Waals surface area contributed by atoms with Crippen molar-refractivity contribution in [1.29, 1.82) is 0 Å². The third kappa shape index (κ3) is 14.8. The number of carbonyl (C=O) groups is 1. The molecule has 510 valence electrons. The van der Waals surface area contributed by atoms with Crippen molar-refractivity contribution >= 4 is 30.4 Å². The number of phosphoric acid groups is 1. The molecule has 0 fully saturated rings. The number of phosphoric ester groups is 1. The maximum Gasteiger partial charge on any atom is 0.475 e. The van der Waals surface area contributed by atoms with E-state index < -0.39 is 138 Å². The van der Waals surface area contributed by atoms with Gasteiger partial charge in [0, 0.05) is 30.3 Å². The highest BCUT2D eigenvalue weighted by Gasteiger charge is 2.90. The van der Waals surface area contributed by atoms with E-state index >= 15 is 22.1 Å². The van der Waals surface area contributed by atoms with Gasteiger partial charge < -0.3 is 13.6 Å². The summed E-state index contributed by atoms with van der Waals surface area (Å²) in [5.74, 6) is -39.2. The van der Waals surface area contributed by atoms with E-state index in [-0.39, 0.29) is 42.7 Å². The van der Waals surface area contributed by atoms with Gasteiger partial charge in [0.2, 0.25) is 8.32 Å². The molecule has 24 heteroatoms. The molecule has 0 radical (unpaired) electrons. The fourth-order valence-electron chi connectivity index (χ4n) is 13.9. The number of benzene rings is 4. The van der Waals surface area contributed by atoms with E-state index in [1.54, 1.807) is 20.8 Å². The zero-order valence-electron chi connectivity index (χ0n) is 54.3. The van der Waals surface area contributed by atoms with E-state index in [0.717, 1.165) is 57.7 Å². The van der Waals surface area contributed by atoms with Crippen molar-refractivity contribution in [3.8, 4) is 34.6 Å². The van der Waals surface area contributed by atoms with Gasteiger partial charge in [0.1, 0.15) is 6.10 Å². The summed E-state index contributed by atoms with van der Waals surface area (Å²) in [6.07, 6.45) is -4.62. The van der Waals surface area contributed by atoms with Crippen LogP contribution in [0.2, 0.25) is 33.7 Å². The van der Waals surface area contributed by atoms with E-state index in [1.165, 1.54) is 33.8 Å². The van der Waals surface area contributed by atoms with E-state index in [9.17, 15) is 44.3 Å². The Hall–Kier alpha value is -4.80. The van der Waals surface area contributed by atoms with Crippen LogP contribution < -0.4 is 0 Å². The smallest absolute Gasteiger partial charge is 0.466 e. The standard InChI is InChI=1S/C68H86F13O8PSi2/c1-16-59(88-92(43(6)7,44(8)9)45(10)11)48(14)60(87-90(83,85-39-57-53-29-21-17-25-49(53)50-26-18-22-30-54(50)57)86-40-58-55-31-23-19-27-51(55)52-28-20-24-32-56(52)58)35-33-46(12)62(47(13)34-36-61(82)84-15)89-91(41(2)3,42(4)5)38-37-63(69,70)64(71,72)65(73,74)66(75,76)67(77,78)68(79,80)81/h1,17-32,34,36,41-48,57-60,62H,33,35,37-40H2,2-15H3/b36-34-/t46-,47-,48-,59-,60-,62-/m0/s1. The van der Waals surface area contributed by atoms with Crippen LogP contribution >= 0.6 is 7.82 Å². The van der Waals surface area contributed by atoms with Crippen molar-refractivity contribution in [2.24, 2.45) is 17.8 Å². The van der Waals surface area contributed by atoms with Gasteiger partial charge in [0.05, 0.1) is 32.5 Å². The molecule has 6 rings (SSSR count). The molecule has 0 aromatic heterocycles. The summed E-state index contributed by atoms with van der Waals surface area (Å²) in [6, 6.07) is 29.7. The van der Waals surface area contributed by atoms with Crippen LogP contribution in [0.3, 0.4) is 0 Å². The van der Waals surface area contributed by atoms with Gasteiger partial charge in [0.25, 0.3) is 0 Å². The van der Waals surface area contributed by atoms with E-state index in [1.807, 2.05) is 97.1 Å². The minimum atomic E-state index is -8.06. The summed E-state index contributed by atoms with van der Waals surface area (Å²) in [6.45, 7) is 22.9. The Morgan fingerprint density at radius 1 is 0.565 bits per heavy atom. The van der Waals surface area contributed by atoms with Crippen molar-refractivity contribution in [2.45, 2.75) is 209 Å². The van der Waals surface area contributed by atoms with Crippen LogP contribution in [0.5, 0.6) is 0 Å². The fourth-order valence-corrected chi connectivity index (χ4v) is 25.7. The fraction of sp³-hybridized carbons (Fsp3) is 0.574. The van der Waals surface area contributed by atoms with Crippen LogP contribution in [0.1, 0.15) is 143 Å². The number of halogens is 13. The molecule has 0 bridgehead atoms. The number of carbonyl (C=O) groups excluding carboxylic acids is 1. The molecule has 2 aliphatic carbocycles. The first-order chi connectivity index (χ1) is 42.6. The minimum absolute atomic E-state index is 0.00907.